The molecule has 0 aliphatic carbocycles. The number of hydrogen-bond acceptors (Lipinski definition) is 3. The number of carbonyl (C=O) groups excluding carboxylic acids is 1. The highest BCUT2D eigenvalue weighted by molar-refractivity contribution is 8.00. The summed E-state index contributed by atoms with van der Waals surface area (Å²) in [7, 11) is 0. The number of amides is 1. The van der Waals surface area contributed by atoms with Crippen LogP contribution < -0.4 is 5.32 Å². The third kappa shape index (κ3) is 3.84. The number of aromatic nitrogens is 1. The van der Waals surface area contributed by atoms with Crippen LogP contribution in [-0.4, -0.2) is 16.1 Å². The number of thioether (sulfide) groups is 1. The number of hydrogen-bond donors (Lipinski definition) is 1. The molecular formula is C16H18N2OS. The van der Waals surface area contributed by atoms with Crippen LogP contribution in [0.15, 0.2) is 47.6 Å². The van der Waals surface area contributed by atoms with Crippen LogP contribution in [0.5, 0.6) is 0 Å². The van der Waals surface area contributed by atoms with E-state index in [9.17, 15) is 4.79 Å². The molecule has 1 unspecified atom stereocenters. The molecule has 1 N–H and O–H groups in total. The first-order valence-electron chi connectivity index (χ1n) is 6.52. The predicted octanol–water partition coefficient (Wildman–Crippen LogP) is 3.82. The Hall–Kier alpha value is -1.81. The summed E-state index contributed by atoms with van der Waals surface area (Å²) in [6.45, 7) is 5.90. The van der Waals surface area contributed by atoms with Crippen LogP contribution in [0.1, 0.15) is 18.1 Å². The molecular weight excluding hydrogens is 268 g/mol. The van der Waals surface area contributed by atoms with Crippen molar-refractivity contribution in [2.75, 3.05) is 5.32 Å². The zero-order valence-electron chi connectivity index (χ0n) is 11.9. The molecule has 1 atom stereocenters. The molecule has 0 bridgehead atoms. The van der Waals surface area contributed by atoms with Crippen molar-refractivity contribution in [3.8, 4) is 0 Å². The fourth-order valence-corrected chi connectivity index (χ4v) is 2.56. The molecule has 0 spiro atoms. The van der Waals surface area contributed by atoms with Crippen LogP contribution in [0.25, 0.3) is 0 Å². The van der Waals surface area contributed by atoms with E-state index in [1.54, 1.807) is 6.20 Å². The minimum Gasteiger partial charge on any atom is -0.325 e. The summed E-state index contributed by atoms with van der Waals surface area (Å²) in [6.07, 6.45) is 1.73. The molecule has 4 heteroatoms. The summed E-state index contributed by atoms with van der Waals surface area (Å²) >= 11 is 1.46. The number of nitrogens with zero attached hydrogens (tertiary/aromatic N) is 1. The zero-order chi connectivity index (χ0) is 14.5. The van der Waals surface area contributed by atoms with E-state index in [1.165, 1.54) is 11.8 Å². The fourth-order valence-electron chi connectivity index (χ4n) is 1.76. The van der Waals surface area contributed by atoms with Crippen molar-refractivity contribution >= 4 is 23.4 Å². The Balaban J connectivity index is 2.02. The normalized spacial score (nSPS) is 11.9. The van der Waals surface area contributed by atoms with Gasteiger partial charge < -0.3 is 5.32 Å². The van der Waals surface area contributed by atoms with Crippen LogP contribution >= 0.6 is 11.8 Å². The highest BCUT2D eigenvalue weighted by Crippen LogP contribution is 2.23. The highest BCUT2D eigenvalue weighted by Gasteiger charge is 2.15. The third-order valence-corrected chi connectivity index (χ3v) is 4.01. The molecule has 3 nitrogen and oxygen atoms in total. The number of nitrogens with one attached hydrogen (secondary N) is 1. The van der Waals surface area contributed by atoms with E-state index in [2.05, 4.69) is 10.3 Å². The van der Waals surface area contributed by atoms with Crippen molar-refractivity contribution in [2.45, 2.75) is 31.0 Å². The first-order valence-corrected chi connectivity index (χ1v) is 7.40. The Kier molecular flexibility index (Phi) is 4.79. The van der Waals surface area contributed by atoms with Gasteiger partial charge in [0.25, 0.3) is 0 Å². The molecule has 1 heterocycles. The average molecular weight is 286 g/mol. The number of anilines is 1. The summed E-state index contributed by atoms with van der Waals surface area (Å²) in [5, 5.41) is 3.65. The highest BCUT2D eigenvalue weighted by atomic mass is 32.2. The van der Waals surface area contributed by atoms with E-state index in [4.69, 9.17) is 0 Å². The topological polar surface area (TPSA) is 42.0 Å². The minimum atomic E-state index is -0.190. The van der Waals surface area contributed by atoms with Crippen molar-refractivity contribution in [3.63, 3.8) is 0 Å². The van der Waals surface area contributed by atoms with Crippen molar-refractivity contribution in [3.05, 3.63) is 53.7 Å². The number of aryl methyl sites for hydroxylation is 2. The Morgan fingerprint density at radius 2 is 2.05 bits per heavy atom. The van der Waals surface area contributed by atoms with Gasteiger partial charge in [-0.15, -0.1) is 0 Å². The van der Waals surface area contributed by atoms with E-state index in [-0.39, 0.29) is 11.2 Å². The molecule has 1 aromatic heterocycles. The Bertz CT molecular complexity index is 599. The summed E-state index contributed by atoms with van der Waals surface area (Å²) in [6, 6.07) is 11.7. The van der Waals surface area contributed by atoms with Crippen molar-refractivity contribution in [2.24, 2.45) is 0 Å². The number of pyridine rings is 1. The van der Waals surface area contributed by atoms with Gasteiger partial charge in [-0.2, -0.15) is 0 Å². The molecule has 0 aliphatic rings. The molecule has 2 rings (SSSR count). The summed E-state index contributed by atoms with van der Waals surface area (Å²) in [5.41, 5.74) is 3.08. The van der Waals surface area contributed by atoms with Crippen LogP contribution in [0.2, 0.25) is 0 Å². The lowest BCUT2D eigenvalue weighted by Crippen LogP contribution is -2.23. The van der Waals surface area contributed by atoms with Crippen LogP contribution in [0.4, 0.5) is 5.69 Å². The van der Waals surface area contributed by atoms with E-state index < -0.39 is 0 Å². The predicted molar refractivity (Wildman–Crippen MR) is 84.1 cm³/mol. The molecule has 0 saturated carbocycles. The van der Waals surface area contributed by atoms with Crippen molar-refractivity contribution in [1.82, 2.24) is 4.98 Å². The van der Waals surface area contributed by atoms with Gasteiger partial charge in [0.2, 0.25) is 5.91 Å². The molecule has 1 aromatic carbocycles. The van der Waals surface area contributed by atoms with Crippen LogP contribution in [0.3, 0.4) is 0 Å². The Morgan fingerprint density at radius 3 is 2.75 bits per heavy atom. The molecule has 0 aliphatic heterocycles. The van der Waals surface area contributed by atoms with E-state index >= 15 is 0 Å². The lowest BCUT2D eigenvalue weighted by molar-refractivity contribution is -0.115. The van der Waals surface area contributed by atoms with Gasteiger partial charge in [-0.3, -0.25) is 4.79 Å². The molecule has 20 heavy (non-hydrogen) atoms. The zero-order valence-corrected chi connectivity index (χ0v) is 12.7. The Labute approximate surface area is 123 Å². The van der Waals surface area contributed by atoms with E-state index in [1.807, 2.05) is 57.2 Å². The first-order chi connectivity index (χ1) is 9.56. The molecule has 0 saturated heterocycles. The SMILES string of the molecule is Cc1ccc(C)c(NC(=O)C(C)Sc2ccccn2)c1. The van der Waals surface area contributed by atoms with Crippen molar-refractivity contribution in [1.29, 1.82) is 0 Å². The number of benzene rings is 1. The van der Waals surface area contributed by atoms with E-state index in [0.29, 0.717) is 0 Å². The molecule has 0 fully saturated rings. The minimum absolute atomic E-state index is 0.00523. The van der Waals surface area contributed by atoms with Gasteiger partial charge in [0.15, 0.2) is 0 Å². The van der Waals surface area contributed by atoms with Gasteiger partial charge in [-0.05, 0) is 50.1 Å². The fraction of sp³-hybridized carbons (Fsp3) is 0.250. The van der Waals surface area contributed by atoms with Crippen LogP contribution in [0, 0.1) is 13.8 Å². The molecule has 2 aromatic rings. The van der Waals surface area contributed by atoms with E-state index in [0.717, 1.165) is 21.8 Å². The third-order valence-electron chi connectivity index (χ3n) is 2.96. The van der Waals surface area contributed by atoms with Gasteiger partial charge in [-0.25, -0.2) is 4.98 Å². The largest absolute Gasteiger partial charge is 0.325 e. The first kappa shape index (κ1) is 14.6. The second kappa shape index (κ2) is 6.57. The summed E-state index contributed by atoms with van der Waals surface area (Å²) < 4.78 is 0. The summed E-state index contributed by atoms with van der Waals surface area (Å²) in [5.74, 6) is -0.00523. The second-order valence-electron chi connectivity index (χ2n) is 4.74. The van der Waals surface area contributed by atoms with Gasteiger partial charge >= 0.3 is 0 Å². The number of carbonyl (C=O) groups is 1. The van der Waals surface area contributed by atoms with Crippen LogP contribution in [-0.2, 0) is 4.79 Å². The van der Waals surface area contributed by atoms with Gasteiger partial charge in [0.1, 0.15) is 0 Å². The van der Waals surface area contributed by atoms with Gasteiger partial charge in [-0.1, -0.05) is 30.0 Å². The maximum Gasteiger partial charge on any atom is 0.237 e. The molecule has 0 radical (unpaired) electrons. The lowest BCUT2D eigenvalue weighted by atomic mass is 10.1. The van der Waals surface area contributed by atoms with Crippen molar-refractivity contribution < 1.29 is 4.79 Å². The summed E-state index contributed by atoms with van der Waals surface area (Å²) in [4.78, 5) is 16.4. The lowest BCUT2D eigenvalue weighted by Gasteiger charge is -2.13. The smallest absolute Gasteiger partial charge is 0.237 e. The second-order valence-corrected chi connectivity index (χ2v) is 6.10. The maximum absolute atomic E-state index is 12.2. The quantitative estimate of drug-likeness (QED) is 0.869. The maximum atomic E-state index is 12.2. The number of rotatable bonds is 4. The monoisotopic (exact) mass is 286 g/mol. The van der Waals surface area contributed by atoms with Gasteiger partial charge in [0.05, 0.1) is 10.3 Å². The molecule has 1 amide bonds. The molecule has 104 valence electrons. The standard InChI is InChI=1S/C16H18N2OS/c1-11-7-8-12(2)14(10-11)18-16(19)13(3)20-15-6-4-5-9-17-15/h4-10,13H,1-3H3,(H,18,19). The van der Waals surface area contributed by atoms with Gasteiger partial charge in [0, 0.05) is 11.9 Å². The Morgan fingerprint density at radius 1 is 1.25 bits per heavy atom. The average Bonchev–Trinajstić information content (AvgIpc) is 2.44.